The molecule has 0 bridgehead atoms. The van der Waals surface area contributed by atoms with Crippen molar-refractivity contribution < 1.29 is 28.5 Å². The standard InChI is InChI=1S/C31H62O6/c1-15-26(32)33-20-21-35-28(9,10)18-19-36-29(11,12)30(13,16-2)22-25(6)37-31(14,17-3)27(7,8)23-34-24(4)5/h24-25H,15-23H2,1-14H3. The molecule has 0 N–H and O–H groups in total. The lowest BCUT2D eigenvalue weighted by atomic mass is 9.69. The largest absolute Gasteiger partial charge is 0.463 e. The summed E-state index contributed by atoms with van der Waals surface area (Å²) in [4.78, 5) is 11.3. The zero-order chi connectivity index (χ0) is 29.1. The molecule has 0 spiro atoms. The minimum Gasteiger partial charge on any atom is -0.463 e. The summed E-state index contributed by atoms with van der Waals surface area (Å²) in [7, 11) is 0. The van der Waals surface area contributed by atoms with E-state index >= 15 is 0 Å². The van der Waals surface area contributed by atoms with Gasteiger partial charge in [0.2, 0.25) is 0 Å². The molecule has 0 aromatic heterocycles. The molecule has 0 aliphatic carbocycles. The molecule has 0 fully saturated rings. The highest BCUT2D eigenvalue weighted by Crippen LogP contribution is 2.45. The highest BCUT2D eigenvalue weighted by Gasteiger charge is 2.46. The lowest BCUT2D eigenvalue weighted by Gasteiger charge is -2.49. The Morgan fingerprint density at radius 3 is 1.86 bits per heavy atom. The molecule has 0 aromatic rings. The van der Waals surface area contributed by atoms with Crippen LogP contribution in [0, 0.1) is 10.8 Å². The second-order valence-electron chi connectivity index (χ2n) is 13.2. The Balaban J connectivity index is 5.10. The van der Waals surface area contributed by atoms with Gasteiger partial charge in [0.1, 0.15) is 6.61 Å². The van der Waals surface area contributed by atoms with Gasteiger partial charge in [0.05, 0.1) is 48.8 Å². The highest BCUT2D eigenvalue weighted by atomic mass is 16.6. The van der Waals surface area contributed by atoms with Gasteiger partial charge in [-0.05, 0) is 86.5 Å². The normalized spacial score (nSPS) is 17.4. The third-order valence-corrected chi connectivity index (χ3v) is 8.61. The van der Waals surface area contributed by atoms with Crippen LogP contribution >= 0.6 is 0 Å². The number of hydrogen-bond donors (Lipinski definition) is 0. The van der Waals surface area contributed by atoms with Crippen molar-refractivity contribution in [2.45, 2.75) is 158 Å². The van der Waals surface area contributed by atoms with E-state index in [1.807, 2.05) is 0 Å². The molecule has 3 unspecified atom stereocenters. The first-order valence-corrected chi connectivity index (χ1v) is 14.5. The van der Waals surface area contributed by atoms with Crippen molar-refractivity contribution in [2.75, 3.05) is 26.4 Å². The van der Waals surface area contributed by atoms with Crippen molar-refractivity contribution in [1.82, 2.24) is 0 Å². The van der Waals surface area contributed by atoms with Gasteiger partial charge in [-0.15, -0.1) is 0 Å². The van der Waals surface area contributed by atoms with Crippen LogP contribution in [0.4, 0.5) is 0 Å². The maximum Gasteiger partial charge on any atom is 0.305 e. The fraction of sp³-hybridized carbons (Fsp3) is 0.968. The number of rotatable bonds is 20. The van der Waals surface area contributed by atoms with Gasteiger partial charge >= 0.3 is 5.97 Å². The van der Waals surface area contributed by atoms with Crippen LogP contribution in [-0.2, 0) is 28.5 Å². The molecule has 0 heterocycles. The van der Waals surface area contributed by atoms with Gasteiger partial charge in [-0.3, -0.25) is 4.79 Å². The summed E-state index contributed by atoms with van der Waals surface area (Å²) in [5.41, 5.74) is -1.19. The van der Waals surface area contributed by atoms with Crippen LogP contribution < -0.4 is 0 Å². The smallest absolute Gasteiger partial charge is 0.305 e. The first kappa shape index (κ1) is 36.3. The highest BCUT2D eigenvalue weighted by molar-refractivity contribution is 5.68. The van der Waals surface area contributed by atoms with Crippen molar-refractivity contribution in [1.29, 1.82) is 0 Å². The molecule has 6 nitrogen and oxygen atoms in total. The average molecular weight is 531 g/mol. The molecule has 0 aliphatic heterocycles. The molecule has 0 saturated carbocycles. The van der Waals surface area contributed by atoms with E-state index in [-0.39, 0.29) is 52.4 Å². The van der Waals surface area contributed by atoms with Gasteiger partial charge in [-0.2, -0.15) is 0 Å². The zero-order valence-corrected chi connectivity index (χ0v) is 27.0. The average Bonchev–Trinajstić information content (AvgIpc) is 2.79. The minimum atomic E-state index is -0.361. The van der Waals surface area contributed by atoms with Gasteiger partial charge in [-0.25, -0.2) is 0 Å². The Kier molecular flexibility index (Phi) is 14.9. The topological polar surface area (TPSA) is 63.2 Å². The zero-order valence-electron chi connectivity index (χ0n) is 27.0. The van der Waals surface area contributed by atoms with Gasteiger partial charge in [0, 0.05) is 11.8 Å². The van der Waals surface area contributed by atoms with E-state index in [2.05, 4.69) is 90.0 Å². The number of esters is 1. The van der Waals surface area contributed by atoms with Crippen LogP contribution in [-0.4, -0.2) is 61.4 Å². The molecule has 0 aromatic carbocycles. The van der Waals surface area contributed by atoms with E-state index in [4.69, 9.17) is 23.7 Å². The van der Waals surface area contributed by atoms with Crippen molar-refractivity contribution in [3.63, 3.8) is 0 Å². The van der Waals surface area contributed by atoms with Crippen LogP contribution in [0.15, 0.2) is 0 Å². The summed E-state index contributed by atoms with van der Waals surface area (Å²) in [6.07, 6.45) is 4.21. The first-order valence-electron chi connectivity index (χ1n) is 14.5. The predicted octanol–water partition coefficient (Wildman–Crippen LogP) is 7.75. The van der Waals surface area contributed by atoms with Crippen molar-refractivity contribution in [3.05, 3.63) is 0 Å². The maximum atomic E-state index is 11.3. The molecule has 37 heavy (non-hydrogen) atoms. The SMILES string of the molecule is CCC(=O)OCCOC(C)(C)CCOC(C)(C)C(C)(CC)CC(C)OC(C)(CC)C(C)(C)COC(C)C. The Morgan fingerprint density at radius 2 is 1.38 bits per heavy atom. The fourth-order valence-corrected chi connectivity index (χ4v) is 4.56. The summed E-state index contributed by atoms with van der Waals surface area (Å²) in [6, 6.07) is 0. The maximum absolute atomic E-state index is 11.3. The lowest BCUT2D eigenvalue weighted by molar-refractivity contribution is -0.189. The monoisotopic (exact) mass is 530 g/mol. The Labute approximate surface area is 229 Å². The molecule has 6 heteroatoms. The number of carbonyl (C=O) groups excluding carboxylic acids is 1. The molecule has 0 aliphatic rings. The molecule has 0 radical (unpaired) electrons. The molecule has 0 rings (SSSR count). The lowest BCUT2D eigenvalue weighted by Crippen LogP contribution is -2.51. The van der Waals surface area contributed by atoms with Crippen LogP contribution in [0.5, 0.6) is 0 Å². The van der Waals surface area contributed by atoms with Crippen LogP contribution in [0.25, 0.3) is 0 Å². The van der Waals surface area contributed by atoms with Gasteiger partial charge in [0.25, 0.3) is 0 Å². The quantitative estimate of drug-likeness (QED) is 0.118. The second kappa shape index (κ2) is 15.2. The summed E-state index contributed by atoms with van der Waals surface area (Å²) in [5.74, 6) is -0.199. The third kappa shape index (κ3) is 11.9. The Morgan fingerprint density at radius 1 is 0.784 bits per heavy atom. The Hall–Kier alpha value is -0.690. The van der Waals surface area contributed by atoms with Crippen molar-refractivity contribution >= 4 is 5.97 Å². The van der Waals surface area contributed by atoms with E-state index in [0.717, 1.165) is 25.7 Å². The van der Waals surface area contributed by atoms with E-state index < -0.39 is 0 Å². The molecule has 0 amide bonds. The summed E-state index contributed by atoms with van der Waals surface area (Å²) < 4.78 is 30.4. The van der Waals surface area contributed by atoms with Crippen LogP contribution in [0.2, 0.25) is 0 Å². The van der Waals surface area contributed by atoms with Crippen LogP contribution in [0.1, 0.15) is 129 Å². The van der Waals surface area contributed by atoms with Gasteiger partial charge in [0.15, 0.2) is 0 Å². The molecule has 0 saturated heterocycles. The molecule has 3 atom stereocenters. The Bertz CT molecular complexity index is 656. The van der Waals surface area contributed by atoms with E-state index in [1.54, 1.807) is 6.92 Å². The van der Waals surface area contributed by atoms with Crippen molar-refractivity contribution in [2.24, 2.45) is 10.8 Å². The molecule has 222 valence electrons. The minimum absolute atomic E-state index is 0.0704. The van der Waals surface area contributed by atoms with E-state index in [9.17, 15) is 4.79 Å². The molecular weight excluding hydrogens is 468 g/mol. The summed E-state index contributed by atoms with van der Waals surface area (Å²) in [5, 5.41) is 0. The third-order valence-electron chi connectivity index (χ3n) is 8.61. The van der Waals surface area contributed by atoms with E-state index in [0.29, 0.717) is 26.2 Å². The van der Waals surface area contributed by atoms with Gasteiger partial charge < -0.3 is 23.7 Å². The summed E-state index contributed by atoms with van der Waals surface area (Å²) in [6.45, 7) is 32.0. The second-order valence-corrected chi connectivity index (χ2v) is 13.2. The number of hydrogen-bond acceptors (Lipinski definition) is 6. The first-order chi connectivity index (χ1) is 16.8. The predicted molar refractivity (Wildman–Crippen MR) is 153 cm³/mol. The van der Waals surface area contributed by atoms with E-state index in [1.165, 1.54) is 0 Å². The molecular formula is C31H62O6. The van der Waals surface area contributed by atoms with Gasteiger partial charge in [-0.1, -0.05) is 41.5 Å². The number of carbonyl (C=O) groups is 1. The summed E-state index contributed by atoms with van der Waals surface area (Å²) >= 11 is 0. The van der Waals surface area contributed by atoms with Crippen LogP contribution in [0.3, 0.4) is 0 Å². The van der Waals surface area contributed by atoms with Crippen molar-refractivity contribution in [3.8, 4) is 0 Å². The fourth-order valence-electron chi connectivity index (χ4n) is 4.56. The number of ether oxygens (including phenoxy) is 5.